The van der Waals surface area contributed by atoms with E-state index in [4.69, 9.17) is 4.74 Å². The Morgan fingerprint density at radius 3 is 2.41 bits per heavy atom. The van der Waals surface area contributed by atoms with Crippen molar-refractivity contribution < 1.29 is 14.3 Å². The number of carbonyl (C=O) groups is 2. The third-order valence-corrected chi connectivity index (χ3v) is 7.39. The minimum atomic E-state index is -0.655. The minimum absolute atomic E-state index is 0.106. The Hall–Kier alpha value is -3.12. The van der Waals surface area contributed by atoms with Gasteiger partial charge in [0.05, 0.1) is 0 Å². The van der Waals surface area contributed by atoms with Crippen LogP contribution < -0.4 is 10.1 Å². The number of nitrogens with zero attached hydrogens (tertiary/aromatic N) is 1. The summed E-state index contributed by atoms with van der Waals surface area (Å²) in [5, 5.41) is 3.24. The Balaban J connectivity index is 1.62. The first-order chi connectivity index (χ1) is 17.9. The lowest BCUT2D eigenvalue weighted by atomic mass is 10.0. The number of ether oxygens (including phenoxy) is 1. The largest absolute Gasteiger partial charge is 0.483 e. The Morgan fingerprint density at radius 2 is 1.70 bits per heavy atom. The fraction of sp³-hybridized carbons (Fsp3) is 0.355. The first-order valence-corrected chi connectivity index (χ1v) is 13.8. The van der Waals surface area contributed by atoms with E-state index in [1.54, 1.807) is 4.90 Å². The fourth-order valence-corrected chi connectivity index (χ4v) is 5.38. The monoisotopic (exact) mass is 562 g/mol. The van der Waals surface area contributed by atoms with Gasteiger partial charge in [0.1, 0.15) is 11.8 Å². The van der Waals surface area contributed by atoms with E-state index >= 15 is 0 Å². The molecule has 3 aromatic rings. The van der Waals surface area contributed by atoms with Crippen LogP contribution in [0.3, 0.4) is 0 Å². The van der Waals surface area contributed by atoms with Gasteiger partial charge in [0.25, 0.3) is 5.91 Å². The van der Waals surface area contributed by atoms with Gasteiger partial charge in [-0.15, -0.1) is 0 Å². The summed E-state index contributed by atoms with van der Waals surface area (Å²) < 4.78 is 6.91. The summed E-state index contributed by atoms with van der Waals surface area (Å²) >= 11 is 3.53. The van der Waals surface area contributed by atoms with Crippen LogP contribution in [-0.2, 0) is 22.6 Å². The van der Waals surface area contributed by atoms with Crippen molar-refractivity contribution in [1.82, 2.24) is 10.2 Å². The van der Waals surface area contributed by atoms with Crippen molar-refractivity contribution in [2.75, 3.05) is 6.61 Å². The predicted octanol–water partition coefficient (Wildman–Crippen LogP) is 6.14. The van der Waals surface area contributed by atoms with Gasteiger partial charge < -0.3 is 15.0 Å². The number of amides is 2. The molecular weight excluding hydrogens is 528 g/mol. The Morgan fingerprint density at radius 1 is 0.973 bits per heavy atom. The Bertz CT molecular complexity index is 1210. The number of hydrogen-bond acceptors (Lipinski definition) is 3. The summed E-state index contributed by atoms with van der Waals surface area (Å²) in [4.78, 5) is 29.2. The molecule has 37 heavy (non-hydrogen) atoms. The number of rotatable bonds is 10. The maximum atomic E-state index is 13.8. The molecule has 194 valence electrons. The highest BCUT2D eigenvalue weighted by molar-refractivity contribution is 9.10. The van der Waals surface area contributed by atoms with E-state index in [0.29, 0.717) is 18.7 Å². The number of carbonyl (C=O) groups excluding carboxylic acids is 2. The van der Waals surface area contributed by atoms with Gasteiger partial charge in [0.2, 0.25) is 5.91 Å². The van der Waals surface area contributed by atoms with Gasteiger partial charge >= 0.3 is 0 Å². The van der Waals surface area contributed by atoms with Gasteiger partial charge in [-0.1, -0.05) is 88.9 Å². The zero-order valence-electron chi connectivity index (χ0n) is 21.6. The average Bonchev–Trinajstić information content (AvgIpc) is 3.39. The van der Waals surface area contributed by atoms with E-state index in [9.17, 15) is 9.59 Å². The van der Waals surface area contributed by atoms with E-state index in [-0.39, 0.29) is 24.5 Å². The predicted molar refractivity (Wildman–Crippen MR) is 150 cm³/mol. The summed E-state index contributed by atoms with van der Waals surface area (Å²) in [6.45, 7) is 4.17. The Labute approximate surface area is 228 Å². The summed E-state index contributed by atoms with van der Waals surface area (Å²) in [5.41, 5.74) is 4.07. The van der Waals surface area contributed by atoms with Crippen molar-refractivity contribution in [2.24, 2.45) is 0 Å². The lowest BCUT2D eigenvalue weighted by molar-refractivity contribution is -0.143. The number of aryl methyl sites for hydroxylation is 2. The zero-order chi connectivity index (χ0) is 26.2. The van der Waals surface area contributed by atoms with Gasteiger partial charge in [-0.25, -0.2) is 0 Å². The fourth-order valence-electron chi connectivity index (χ4n) is 4.94. The maximum absolute atomic E-state index is 13.8. The molecule has 0 aromatic heterocycles. The van der Waals surface area contributed by atoms with Gasteiger partial charge in [-0.3, -0.25) is 9.59 Å². The molecule has 1 saturated carbocycles. The molecule has 0 bridgehead atoms. The van der Waals surface area contributed by atoms with Crippen molar-refractivity contribution in [1.29, 1.82) is 0 Å². The van der Waals surface area contributed by atoms with E-state index in [1.165, 1.54) is 0 Å². The van der Waals surface area contributed by atoms with E-state index in [2.05, 4.69) is 21.2 Å². The second-order valence-electron chi connectivity index (χ2n) is 9.90. The van der Waals surface area contributed by atoms with Crippen LogP contribution in [0.4, 0.5) is 0 Å². The quantitative estimate of drug-likeness (QED) is 0.322. The molecule has 4 rings (SSSR count). The third kappa shape index (κ3) is 7.68. The number of nitrogens with one attached hydrogen (secondary N) is 1. The molecule has 1 atom stereocenters. The average molecular weight is 564 g/mol. The van der Waals surface area contributed by atoms with Gasteiger partial charge in [-0.2, -0.15) is 0 Å². The van der Waals surface area contributed by atoms with Crippen molar-refractivity contribution in [3.63, 3.8) is 0 Å². The van der Waals surface area contributed by atoms with E-state index in [1.807, 2.05) is 86.6 Å². The second kappa shape index (κ2) is 12.9. The topological polar surface area (TPSA) is 58.6 Å². The number of hydrogen-bond donors (Lipinski definition) is 1. The Kier molecular flexibility index (Phi) is 9.40. The molecule has 3 aromatic carbocycles. The van der Waals surface area contributed by atoms with Gasteiger partial charge in [-0.05, 0) is 61.6 Å². The normalized spacial score (nSPS) is 14.2. The SMILES string of the molecule is Cc1ccc(OCC(=O)N(Cc2cccc(Br)c2)C(Cc2ccccc2)C(=O)NC2CCCC2)c(C)c1. The van der Waals surface area contributed by atoms with Crippen LogP contribution >= 0.6 is 15.9 Å². The summed E-state index contributed by atoms with van der Waals surface area (Å²) in [6, 6.07) is 23.2. The van der Waals surface area contributed by atoms with Crippen LogP contribution in [0.15, 0.2) is 77.3 Å². The van der Waals surface area contributed by atoms with Crippen LogP contribution in [0.25, 0.3) is 0 Å². The minimum Gasteiger partial charge on any atom is -0.483 e. The molecule has 1 aliphatic carbocycles. The van der Waals surface area contributed by atoms with Crippen molar-refractivity contribution in [3.8, 4) is 5.75 Å². The summed E-state index contributed by atoms with van der Waals surface area (Å²) in [7, 11) is 0. The van der Waals surface area contributed by atoms with Gasteiger partial charge in [0.15, 0.2) is 6.61 Å². The first kappa shape index (κ1) is 26.9. The number of halogens is 1. The molecule has 5 nitrogen and oxygen atoms in total. The summed E-state index contributed by atoms with van der Waals surface area (Å²) in [6.07, 6.45) is 4.65. The zero-order valence-corrected chi connectivity index (χ0v) is 23.2. The molecule has 1 fully saturated rings. The molecule has 0 radical (unpaired) electrons. The maximum Gasteiger partial charge on any atom is 0.261 e. The van der Waals surface area contributed by atoms with Crippen LogP contribution in [0, 0.1) is 13.8 Å². The van der Waals surface area contributed by atoms with Gasteiger partial charge in [0, 0.05) is 23.5 Å². The molecule has 0 spiro atoms. The molecule has 6 heteroatoms. The lowest BCUT2D eigenvalue weighted by Gasteiger charge is -2.32. The highest BCUT2D eigenvalue weighted by atomic mass is 79.9. The highest BCUT2D eigenvalue weighted by Gasteiger charge is 2.32. The van der Waals surface area contributed by atoms with Crippen LogP contribution in [0.2, 0.25) is 0 Å². The summed E-state index contributed by atoms with van der Waals surface area (Å²) in [5.74, 6) is 0.351. The van der Waals surface area contributed by atoms with Crippen molar-refractivity contribution in [3.05, 3.63) is 99.5 Å². The molecule has 1 unspecified atom stereocenters. The van der Waals surface area contributed by atoms with Crippen molar-refractivity contribution >= 4 is 27.7 Å². The molecular formula is C31H35BrN2O3. The van der Waals surface area contributed by atoms with Crippen LogP contribution in [0.1, 0.15) is 47.9 Å². The van der Waals surface area contributed by atoms with Crippen LogP contribution in [0.5, 0.6) is 5.75 Å². The highest BCUT2D eigenvalue weighted by Crippen LogP contribution is 2.22. The van der Waals surface area contributed by atoms with E-state index < -0.39 is 6.04 Å². The molecule has 1 N–H and O–H groups in total. The first-order valence-electron chi connectivity index (χ1n) is 13.0. The third-order valence-electron chi connectivity index (χ3n) is 6.90. The number of benzene rings is 3. The standard InChI is InChI=1S/C31H35BrN2O3/c1-22-15-16-29(23(2)17-22)37-21-30(35)34(20-25-11-8-12-26(32)18-25)28(19-24-9-4-3-5-10-24)31(36)33-27-13-6-7-14-27/h3-5,8-12,15-18,27-28H,6-7,13-14,19-21H2,1-2H3,(H,33,36). The second-order valence-corrected chi connectivity index (χ2v) is 10.8. The van der Waals surface area contributed by atoms with Crippen molar-refractivity contribution in [2.45, 2.75) is 64.6 Å². The molecule has 0 heterocycles. The lowest BCUT2D eigenvalue weighted by Crippen LogP contribution is -2.53. The smallest absolute Gasteiger partial charge is 0.261 e. The molecule has 0 aliphatic heterocycles. The van der Waals surface area contributed by atoms with E-state index in [0.717, 1.165) is 52.4 Å². The van der Waals surface area contributed by atoms with Crippen LogP contribution in [-0.4, -0.2) is 35.4 Å². The molecule has 2 amide bonds. The molecule has 1 aliphatic rings. The molecule has 0 saturated heterocycles.